The molecule has 0 aliphatic rings. The molecule has 0 amide bonds. The predicted molar refractivity (Wildman–Crippen MR) is 120 cm³/mol. The molecule has 0 bridgehead atoms. The first-order chi connectivity index (χ1) is 13.3. The summed E-state index contributed by atoms with van der Waals surface area (Å²) in [6.07, 6.45) is 9.34. The molecule has 0 heterocycles. The van der Waals surface area contributed by atoms with Crippen molar-refractivity contribution in [3.63, 3.8) is 0 Å². The number of aliphatic imine (C=N–C) groups is 1. The van der Waals surface area contributed by atoms with Gasteiger partial charge in [0.05, 0.1) is 11.7 Å². The van der Waals surface area contributed by atoms with E-state index in [0.717, 1.165) is 28.0 Å². The number of rotatable bonds is 8. The molecule has 146 valence electrons. The first kappa shape index (κ1) is 21.4. The van der Waals surface area contributed by atoms with Crippen molar-refractivity contribution in [3.05, 3.63) is 90.2 Å². The lowest BCUT2D eigenvalue weighted by atomic mass is 9.97. The van der Waals surface area contributed by atoms with E-state index in [9.17, 15) is 5.11 Å². The first-order valence-corrected chi connectivity index (χ1v) is 9.41. The molecule has 0 aromatic heterocycles. The van der Waals surface area contributed by atoms with Gasteiger partial charge in [0.2, 0.25) is 0 Å². The van der Waals surface area contributed by atoms with Crippen LogP contribution in [0, 0.1) is 0 Å². The summed E-state index contributed by atoms with van der Waals surface area (Å²) < 4.78 is 5.64. The summed E-state index contributed by atoms with van der Waals surface area (Å²) in [6.45, 7) is 11.6. The van der Waals surface area contributed by atoms with Gasteiger partial charge in [0.1, 0.15) is 5.75 Å². The van der Waals surface area contributed by atoms with E-state index >= 15 is 0 Å². The zero-order valence-corrected chi connectivity index (χ0v) is 17.1. The Labute approximate surface area is 168 Å². The van der Waals surface area contributed by atoms with Crippen LogP contribution in [0.3, 0.4) is 0 Å². The van der Waals surface area contributed by atoms with Gasteiger partial charge < -0.3 is 9.84 Å². The zero-order chi connectivity index (χ0) is 20.6. The Kier molecular flexibility index (Phi) is 7.53. The van der Waals surface area contributed by atoms with Crippen LogP contribution in [-0.2, 0) is 5.60 Å². The Morgan fingerprint density at radius 3 is 2.29 bits per heavy atom. The highest BCUT2D eigenvalue weighted by molar-refractivity contribution is 5.80. The maximum atomic E-state index is 9.97. The van der Waals surface area contributed by atoms with Crippen molar-refractivity contribution in [2.75, 3.05) is 0 Å². The van der Waals surface area contributed by atoms with E-state index < -0.39 is 5.60 Å². The number of ether oxygens (including phenoxy) is 1. The number of allylic oxidation sites excluding steroid dienone is 3. The highest BCUT2D eigenvalue weighted by Crippen LogP contribution is 2.20. The van der Waals surface area contributed by atoms with Crippen molar-refractivity contribution >= 4 is 17.9 Å². The smallest absolute Gasteiger partial charge is 0.119 e. The van der Waals surface area contributed by atoms with Gasteiger partial charge in [-0.1, -0.05) is 49.1 Å². The van der Waals surface area contributed by atoms with E-state index in [1.807, 2.05) is 80.6 Å². The second kappa shape index (κ2) is 9.86. The zero-order valence-electron chi connectivity index (χ0n) is 17.1. The monoisotopic (exact) mass is 375 g/mol. The van der Waals surface area contributed by atoms with Gasteiger partial charge in [0, 0.05) is 12.4 Å². The van der Waals surface area contributed by atoms with Crippen molar-refractivity contribution in [3.8, 4) is 5.75 Å². The van der Waals surface area contributed by atoms with Gasteiger partial charge >= 0.3 is 0 Å². The van der Waals surface area contributed by atoms with Gasteiger partial charge in [-0.3, -0.25) is 4.99 Å². The van der Waals surface area contributed by atoms with Crippen LogP contribution in [0.5, 0.6) is 5.75 Å². The lowest BCUT2D eigenvalue weighted by molar-refractivity contribution is 0.0786. The average Bonchev–Trinajstić information content (AvgIpc) is 2.64. The van der Waals surface area contributed by atoms with Crippen LogP contribution in [0.4, 0.5) is 0 Å². The molecule has 0 fully saturated rings. The minimum atomic E-state index is -0.824. The summed E-state index contributed by atoms with van der Waals surface area (Å²) in [6, 6.07) is 15.7. The van der Waals surface area contributed by atoms with Gasteiger partial charge in [-0.25, -0.2) is 0 Å². The van der Waals surface area contributed by atoms with E-state index in [0.29, 0.717) is 0 Å². The van der Waals surface area contributed by atoms with Crippen LogP contribution < -0.4 is 4.74 Å². The van der Waals surface area contributed by atoms with Gasteiger partial charge in [0.15, 0.2) is 0 Å². The van der Waals surface area contributed by atoms with Crippen molar-refractivity contribution in [1.82, 2.24) is 0 Å². The fourth-order valence-electron chi connectivity index (χ4n) is 2.51. The maximum absolute atomic E-state index is 9.97. The topological polar surface area (TPSA) is 41.8 Å². The van der Waals surface area contributed by atoms with Crippen LogP contribution in [0.15, 0.2) is 78.5 Å². The second-order valence-corrected chi connectivity index (χ2v) is 7.37. The third-order valence-corrected chi connectivity index (χ3v) is 4.04. The van der Waals surface area contributed by atoms with E-state index in [1.54, 1.807) is 26.3 Å². The summed E-state index contributed by atoms with van der Waals surface area (Å²) in [4.78, 5) is 4.25. The molecular weight excluding hydrogens is 346 g/mol. The molecule has 0 saturated heterocycles. The van der Waals surface area contributed by atoms with Gasteiger partial charge in [-0.05, 0) is 74.2 Å². The van der Waals surface area contributed by atoms with Gasteiger partial charge in [0.25, 0.3) is 0 Å². The minimum absolute atomic E-state index is 0.165. The van der Waals surface area contributed by atoms with Gasteiger partial charge in [-0.15, -0.1) is 0 Å². The highest BCUT2D eigenvalue weighted by atomic mass is 16.5. The number of hydrogen-bond donors (Lipinski definition) is 1. The fraction of sp³-hybridized carbons (Fsp3) is 0.240. The standard InChI is InChI=1S/C25H29NO2/c1-19(2)28-24-14-10-22(11-15-24)20(3)7-6-17-26-18-16-21-8-12-23(13-9-21)25(4,5)27/h6-19,27H,3H2,1-2,4-5H3/b7-6-,18-16+,26-17+. The van der Waals surface area contributed by atoms with Gasteiger partial charge in [-0.2, -0.15) is 0 Å². The molecule has 0 aliphatic heterocycles. The molecule has 2 rings (SSSR count). The molecule has 0 radical (unpaired) electrons. The third-order valence-electron chi connectivity index (χ3n) is 4.04. The molecule has 2 aromatic carbocycles. The Hall–Kier alpha value is -2.91. The van der Waals surface area contributed by atoms with Crippen LogP contribution in [0.1, 0.15) is 44.4 Å². The van der Waals surface area contributed by atoms with Crippen LogP contribution in [0.2, 0.25) is 0 Å². The lowest BCUT2D eigenvalue weighted by Gasteiger charge is -2.17. The molecule has 0 unspecified atom stereocenters. The summed E-state index contributed by atoms with van der Waals surface area (Å²) in [7, 11) is 0. The molecule has 28 heavy (non-hydrogen) atoms. The fourth-order valence-corrected chi connectivity index (χ4v) is 2.51. The number of nitrogens with zero attached hydrogens (tertiary/aromatic N) is 1. The molecule has 0 saturated carbocycles. The van der Waals surface area contributed by atoms with Crippen LogP contribution in [0.25, 0.3) is 11.6 Å². The summed E-state index contributed by atoms with van der Waals surface area (Å²) >= 11 is 0. The Bertz CT molecular complexity index is 849. The molecule has 3 nitrogen and oxygen atoms in total. The lowest BCUT2D eigenvalue weighted by Crippen LogP contribution is -2.14. The Balaban J connectivity index is 1.87. The van der Waals surface area contributed by atoms with E-state index in [-0.39, 0.29) is 6.10 Å². The molecule has 0 atom stereocenters. The molecule has 0 aliphatic carbocycles. The second-order valence-electron chi connectivity index (χ2n) is 7.37. The summed E-state index contributed by atoms with van der Waals surface area (Å²) in [5.41, 5.74) is 3.05. The molecule has 0 spiro atoms. The van der Waals surface area contributed by atoms with Crippen molar-refractivity contribution in [1.29, 1.82) is 0 Å². The Morgan fingerprint density at radius 2 is 1.71 bits per heavy atom. The number of benzene rings is 2. The maximum Gasteiger partial charge on any atom is 0.119 e. The third kappa shape index (κ3) is 7.01. The molecule has 3 heteroatoms. The number of hydrogen-bond acceptors (Lipinski definition) is 3. The highest BCUT2D eigenvalue weighted by Gasteiger charge is 2.14. The number of aliphatic hydroxyl groups is 1. The first-order valence-electron chi connectivity index (χ1n) is 9.41. The largest absolute Gasteiger partial charge is 0.491 e. The summed E-state index contributed by atoms with van der Waals surface area (Å²) in [5, 5.41) is 9.97. The van der Waals surface area contributed by atoms with Crippen LogP contribution in [-0.4, -0.2) is 17.4 Å². The molecule has 2 aromatic rings. The van der Waals surface area contributed by atoms with Crippen molar-refractivity contribution < 1.29 is 9.84 Å². The van der Waals surface area contributed by atoms with E-state index in [1.165, 1.54) is 0 Å². The van der Waals surface area contributed by atoms with Crippen molar-refractivity contribution in [2.24, 2.45) is 4.99 Å². The predicted octanol–water partition coefficient (Wildman–Crippen LogP) is 6.01. The van der Waals surface area contributed by atoms with Crippen LogP contribution >= 0.6 is 0 Å². The molecular formula is C25H29NO2. The normalized spacial score (nSPS) is 12.5. The SMILES string of the molecule is C=C(\C=C/C=N/C=C/c1ccc(C(C)(C)O)cc1)c1ccc(OC(C)C)cc1. The summed E-state index contributed by atoms with van der Waals surface area (Å²) in [5.74, 6) is 0.859. The quantitative estimate of drug-likeness (QED) is 0.453. The average molecular weight is 376 g/mol. The minimum Gasteiger partial charge on any atom is -0.491 e. The van der Waals surface area contributed by atoms with E-state index in [4.69, 9.17) is 4.74 Å². The molecule has 1 N–H and O–H groups in total. The van der Waals surface area contributed by atoms with Crippen molar-refractivity contribution in [2.45, 2.75) is 39.4 Å². The Morgan fingerprint density at radius 1 is 1.07 bits per heavy atom. The van der Waals surface area contributed by atoms with E-state index in [2.05, 4.69) is 11.6 Å².